The smallest absolute Gasteiger partial charge is 0.225 e. The van der Waals surface area contributed by atoms with Gasteiger partial charge in [0.05, 0.1) is 13.2 Å². The Bertz CT molecular complexity index is 384. The maximum absolute atomic E-state index is 9.08. The zero-order chi connectivity index (χ0) is 12.3. The van der Waals surface area contributed by atoms with Crippen LogP contribution < -0.4 is 4.90 Å². The van der Waals surface area contributed by atoms with Crippen LogP contribution in [-0.4, -0.2) is 41.9 Å². The van der Waals surface area contributed by atoms with Gasteiger partial charge in [0.25, 0.3) is 0 Å². The Balaban J connectivity index is 2.06. The second-order valence-corrected chi connectivity index (χ2v) is 4.49. The number of aromatic nitrogens is 2. The quantitative estimate of drug-likeness (QED) is 0.837. The number of aliphatic hydroxyl groups is 1. The van der Waals surface area contributed by atoms with Crippen LogP contribution in [0.25, 0.3) is 0 Å². The molecular weight excluding hydrogens is 218 g/mol. The third-order valence-electron chi connectivity index (χ3n) is 3.21. The third kappa shape index (κ3) is 2.73. The lowest BCUT2D eigenvalue weighted by Gasteiger charge is -2.17. The van der Waals surface area contributed by atoms with Gasteiger partial charge in [-0.15, -0.1) is 0 Å². The van der Waals surface area contributed by atoms with Gasteiger partial charge in [-0.1, -0.05) is 0 Å². The summed E-state index contributed by atoms with van der Waals surface area (Å²) in [6.45, 7) is 4.62. The van der Waals surface area contributed by atoms with Gasteiger partial charge in [0.1, 0.15) is 0 Å². The summed E-state index contributed by atoms with van der Waals surface area (Å²) in [5.41, 5.74) is 1.65. The van der Waals surface area contributed by atoms with E-state index in [2.05, 4.69) is 14.9 Å². The molecular formula is C12H19N3O2. The Morgan fingerprint density at radius 2 is 2.41 bits per heavy atom. The average molecular weight is 237 g/mol. The highest BCUT2D eigenvalue weighted by Gasteiger charge is 2.24. The Hall–Kier alpha value is -1.20. The molecule has 1 aromatic rings. The van der Waals surface area contributed by atoms with Crippen LogP contribution >= 0.6 is 0 Å². The van der Waals surface area contributed by atoms with Crippen molar-refractivity contribution in [3.63, 3.8) is 0 Å². The minimum atomic E-state index is -0.00157. The molecule has 2 heterocycles. The monoisotopic (exact) mass is 237 g/mol. The Morgan fingerprint density at radius 3 is 3.06 bits per heavy atom. The van der Waals surface area contributed by atoms with E-state index in [-0.39, 0.29) is 6.61 Å². The van der Waals surface area contributed by atoms with E-state index in [1.54, 1.807) is 13.3 Å². The van der Waals surface area contributed by atoms with Crippen LogP contribution in [0.5, 0.6) is 0 Å². The lowest BCUT2D eigenvalue weighted by atomic mass is 10.1. The molecule has 0 aromatic carbocycles. The number of ether oxygens (including phenoxy) is 1. The summed E-state index contributed by atoms with van der Waals surface area (Å²) in [5.74, 6) is 1.33. The first-order valence-corrected chi connectivity index (χ1v) is 5.92. The standard InChI is InChI=1S/C12H19N3O2/c1-9-11(7-16)5-13-12(14-9)15-4-3-10(6-15)8-17-2/h5,10,16H,3-4,6-8H2,1-2H3. The number of aliphatic hydroxyl groups excluding tert-OH is 1. The molecule has 1 saturated heterocycles. The summed E-state index contributed by atoms with van der Waals surface area (Å²) < 4.78 is 5.17. The third-order valence-corrected chi connectivity index (χ3v) is 3.21. The number of methoxy groups -OCH3 is 1. The minimum absolute atomic E-state index is 0.00157. The molecule has 1 unspecified atom stereocenters. The predicted molar refractivity (Wildman–Crippen MR) is 64.9 cm³/mol. The van der Waals surface area contributed by atoms with Gasteiger partial charge in [0.2, 0.25) is 5.95 Å². The van der Waals surface area contributed by atoms with E-state index in [1.165, 1.54) is 0 Å². The number of nitrogens with zero attached hydrogens (tertiary/aromatic N) is 3. The van der Waals surface area contributed by atoms with Gasteiger partial charge in [-0.25, -0.2) is 9.97 Å². The molecule has 17 heavy (non-hydrogen) atoms. The molecule has 0 radical (unpaired) electrons. The summed E-state index contributed by atoms with van der Waals surface area (Å²) >= 11 is 0. The maximum Gasteiger partial charge on any atom is 0.225 e. The van der Waals surface area contributed by atoms with Crippen molar-refractivity contribution in [1.29, 1.82) is 0 Å². The molecule has 0 bridgehead atoms. The lowest BCUT2D eigenvalue weighted by molar-refractivity contribution is 0.161. The number of rotatable bonds is 4. The van der Waals surface area contributed by atoms with Crippen LogP contribution in [-0.2, 0) is 11.3 Å². The number of anilines is 1. The Kier molecular flexibility index (Phi) is 3.91. The van der Waals surface area contributed by atoms with Crippen molar-refractivity contribution in [2.75, 3.05) is 31.7 Å². The molecule has 2 rings (SSSR count). The first kappa shape index (κ1) is 12.3. The molecule has 94 valence electrons. The first-order valence-electron chi connectivity index (χ1n) is 5.92. The molecule has 5 heteroatoms. The highest BCUT2D eigenvalue weighted by molar-refractivity contribution is 5.34. The molecule has 1 aliphatic rings. The van der Waals surface area contributed by atoms with E-state index in [0.29, 0.717) is 5.92 Å². The Labute approximate surface area is 101 Å². The first-order chi connectivity index (χ1) is 8.24. The highest BCUT2D eigenvalue weighted by Crippen LogP contribution is 2.21. The molecule has 5 nitrogen and oxygen atoms in total. The van der Waals surface area contributed by atoms with E-state index < -0.39 is 0 Å². The lowest BCUT2D eigenvalue weighted by Crippen LogP contribution is -2.23. The average Bonchev–Trinajstić information content (AvgIpc) is 2.78. The largest absolute Gasteiger partial charge is 0.392 e. The van der Waals surface area contributed by atoms with Crippen molar-refractivity contribution in [2.24, 2.45) is 5.92 Å². The van der Waals surface area contributed by atoms with Gasteiger partial charge in [0, 0.05) is 43.6 Å². The summed E-state index contributed by atoms with van der Waals surface area (Å²) in [4.78, 5) is 10.9. The number of aryl methyl sites for hydroxylation is 1. The van der Waals surface area contributed by atoms with Crippen molar-refractivity contribution in [1.82, 2.24) is 9.97 Å². The molecule has 1 aromatic heterocycles. The second kappa shape index (κ2) is 5.42. The molecule has 1 N–H and O–H groups in total. The van der Waals surface area contributed by atoms with E-state index >= 15 is 0 Å². The van der Waals surface area contributed by atoms with Crippen LogP contribution in [0.1, 0.15) is 17.7 Å². The van der Waals surface area contributed by atoms with Gasteiger partial charge >= 0.3 is 0 Å². The van der Waals surface area contributed by atoms with Gasteiger partial charge in [0.15, 0.2) is 0 Å². The van der Waals surface area contributed by atoms with E-state index in [1.807, 2.05) is 6.92 Å². The fourth-order valence-corrected chi connectivity index (χ4v) is 2.17. The van der Waals surface area contributed by atoms with E-state index in [0.717, 1.165) is 43.3 Å². The molecule has 1 atom stereocenters. The van der Waals surface area contributed by atoms with Gasteiger partial charge in [-0.05, 0) is 13.3 Å². The highest BCUT2D eigenvalue weighted by atomic mass is 16.5. The summed E-state index contributed by atoms with van der Waals surface area (Å²) in [6, 6.07) is 0. The predicted octanol–water partition coefficient (Wildman–Crippen LogP) is 0.750. The number of hydrogen-bond donors (Lipinski definition) is 1. The molecule has 1 fully saturated rings. The molecule has 0 spiro atoms. The summed E-state index contributed by atoms with van der Waals surface area (Å²) in [7, 11) is 1.74. The van der Waals surface area contributed by atoms with Crippen LogP contribution in [0.4, 0.5) is 5.95 Å². The van der Waals surface area contributed by atoms with Crippen molar-refractivity contribution in [3.8, 4) is 0 Å². The van der Waals surface area contributed by atoms with Crippen LogP contribution in [0.3, 0.4) is 0 Å². The zero-order valence-electron chi connectivity index (χ0n) is 10.4. The normalized spacial score (nSPS) is 19.9. The Morgan fingerprint density at radius 1 is 1.59 bits per heavy atom. The van der Waals surface area contributed by atoms with Gasteiger partial charge < -0.3 is 14.7 Å². The van der Waals surface area contributed by atoms with Crippen molar-refractivity contribution >= 4 is 5.95 Å². The van der Waals surface area contributed by atoms with Gasteiger partial charge in [-0.2, -0.15) is 0 Å². The van der Waals surface area contributed by atoms with Crippen LogP contribution in [0.2, 0.25) is 0 Å². The summed E-state index contributed by atoms with van der Waals surface area (Å²) in [6.07, 6.45) is 2.83. The topological polar surface area (TPSA) is 58.5 Å². The zero-order valence-corrected chi connectivity index (χ0v) is 10.4. The molecule has 0 amide bonds. The molecule has 0 saturated carbocycles. The minimum Gasteiger partial charge on any atom is -0.392 e. The maximum atomic E-state index is 9.08. The fourth-order valence-electron chi connectivity index (χ4n) is 2.17. The van der Waals surface area contributed by atoms with E-state index in [9.17, 15) is 0 Å². The fraction of sp³-hybridized carbons (Fsp3) is 0.667. The summed E-state index contributed by atoms with van der Waals surface area (Å²) in [5, 5.41) is 9.08. The SMILES string of the molecule is COCC1CCN(c2ncc(CO)c(C)n2)C1. The van der Waals surface area contributed by atoms with Crippen molar-refractivity contribution in [3.05, 3.63) is 17.5 Å². The van der Waals surface area contributed by atoms with Crippen LogP contribution in [0, 0.1) is 12.8 Å². The van der Waals surface area contributed by atoms with Crippen molar-refractivity contribution in [2.45, 2.75) is 20.0 Å². The second-order valence-electron chi connectivity index (χ2n) is 4.49. The van der Waals surface area contributed by atoms with Crippen LogP contribution in [0.15, 0.2) is 6.20 Å². The van der Waals surface area contributed by atoms with E-state index in [4.69, 9.17) is 9.84 Å². The van der Waals surface area contributed by atoms with Gasteiger partial charge in [-0.3, -0.25) is 0 Å². The molecule has 0 aliphatic carbocycles. The van der Waals surface area contributed by atoms with Crippen molar-refractivity contribution < 1.29 is 9.84 Å². The molecule has 1 aliphatic heterocycles. The number of hydrogen-bond acceptors (Lipinski definition) is 5.